The minimum atomic E-state index is 0.373. The van der Waals surface area contributed by atoms with Crippen molar-refractivity contribution in [2.45, 2.75) is 33.7 Å². The summed E-state index contributed by atoms with van der Waals surface area (Å²) in [6.45, 7) is 9.53. The normalized spacial score (nSPS) is 18.2. The molecule has 1 aliphatic heterocycles. The molecular weight excluding hydrogens is 274 g/mol. The number of hydrogen-bond acceptors (Lipinski definition) is 2. The van der Waals surface area contributed by atoms with Gasteiger partial charge in [0, 0.05) is 32.0 Å². The van der Waals surface area contributed by atoms with E-state index in [2.05, 4.69) is 57.6 Å². The Hall–Kier alpha value is -2.04. The highest BCUT2D eigenvalue weighted by atomic mass is 15.3. The van der Waals surface area contributed by atoms with Crippen molar-refractivity contribution in [3.63, 3.8) is 0 Å². The predicted octanol–water partition coefficient (Wildman–Crippen LogP) is 2.45. The second kappa shape index (κ2) is 5.63. The summed E-state index contributed by atoms with van der Waals surface area (Å²) < 4.78 is 2.12. The van der Waals surface area contributed by atoms with Crippen LogP contribution in [0.25, 0.3) is 5.65 Å². The quantitative estimate of drug-likeness (QED) is 0.684. The minimum absolute atomic E-state index is 0.373. The topological polar surface area (TPSA) is 44.9 Å². The highest BCUT2D eigenvalue weighted by Gasteiger charge is 2.30. The fourth-order valence-electron chi connectivity index (χ4n) is 3.08. The van der Waals surface area contributed by atoms with E-state index in [0.717, 1.165) is 30.4 Å². The number of fused-ring (bicyclic) bond motifs is 1. The van der Waals surface area contributed by atoms with Crippen molar-refractivity contribution in [1.29, 1.82) is 0 Å². The molecule has 0 aromatic carbocycles. The molecule has 2 aromatic heterocycles. The summed E-state index contributed by atoms with van der Waals surface area (Å²) in [5, 5.41) is 3.45. The third kappa shape index (κ3) is 2.93. The third-order valence-corrected chi connectivity index (χ3v) is 4.36. The molecule has 0 atom stereocenters. The Balaban J connectivity index is 1.69. The lowest BCUT2D eigenvalue weighted by Gasteiger charge is -2.23. The van der Waals surface area contributed by atoms with Crippen LogP contribution in [0.3, 0.4) is 0 Å². The molecule has 2 aromatic rings. The average molecular weight is 299 g/mol. The van der Waals surface area contributed by atoms with E-state index in [1.165, 1.54) is 12.1 Å². The number of guanidine groups is 1. The van der Waals surface area contributed by atoms with E-state index in [1.54, 1.807) is 0 Å². The molecule has 0 spiro atoms. The molecule has 0 saturated carbocycles. The van der Waals surface area contributed by atoms with Gasteiger partial charge in [0.1, 0.15) is 5.65 Å². The van der Waals surface area contributed by atoms with Crippen molar-refractivity contribution in [2.24, 2.45) is 10.4 Å². The number of pyridine rings is 1. The zero-order chi connectivity index (χ0) is 15.7. The van der Waals surface area contributed by atoms with Crippen molar-refractivity contribution < 1.29 is 0 Å². The molecule has 5 nitrogen and oxygen atoms in total. The number of imidazole rings is 1. The summed E-state index contributed by atoms with van der Waals surface area (Å²) in [6, 6.07) is 6.17. The molecule has 5 heteroatoms. The van der Waals surface area contributed by atoms with Crippen molar-refractivity contribution >= 4 is 11.6 Å². The Morgan fingerprint density at radius 1 is 1.41 bits per heavy atom. The monoisotopic (exact) mass is 299 g/mol. The predicted molar refractivity (Wildman–Crippen MR) is 90.1 cm³/mol. The summed E-state index contributed by atoms with van der Waals surface area (Å²) >= 11 is 0. The van der Waals surface area contributed by atoms with Crippen LogP contribution in [0, 0.1) is 12.3 Å². The van der Waals surface area contributed by atoms with Gasteiger partial charge in [0.05, 0.1) is 12.2 Å². The molecule has 118 valence electrons. The zero-order valence-corrected chi connectivity index (χ0v) is 13.9. The van der Waals surface area contributed by atoms with E-state index >= 15 is 0 Å². The van der Waals surface area contributed by atoms with Crippen LogP contribution in [0.1, 0.15) is 31.7 Å². The second-order valence-corrected chi connectivity index (χ2v) is 6.86. The first kappa shape index (κ1) is 14.9. The molecule has 0 radical (unpaired) electrons. The highest BCUT2D eigenvalue weighted by molar-refractivity contribution is 5.80. The van der Waals surface area contributed by atoms with Gasteiger partial charge in [0.2, 0.25) is 0 Å². The lowest BCUT2D eigenvalue weighted by Crippen LogP contribution is -2.40. The van der Waals surface area contributed by atoms with Gasteiger partial charge in [-0.1, -0.05) is 19.9 Å². The Labute approximate surface area is 132 Å². The zero-order valence-electron chi connectivity index (χ0n) is 13.9. The minimum Gasteiger partial charge on any atom is -0.351 e. The van der Waals surface area contributed by atoms with Gasteiger partial charge in [0.25, 0.3) is 0 Å². The van der Waals surface area contributed by atoms with Gasteiger partial charge in [-0.3, -0.25) is 4.99 Å². The van der Waals surface area contributed by atoms with Gasteiger partial charge in [-0.05, 0) is 30.9 Å². The van der Waals surface area contributed by atoms with E-state index in [-0.39, 0.29) is 0 Å². The summed E-state index contributed by atoms with van der Waals surface area (Å²) in [5.41, 5.74) is 3.60. The molecule has 1 N–H and O–H groups in total. The molecule has 1 fully saturated rings. The summed E-state index contributed by atoms with van der Waals surface area (Å²) in [6.07, 6.45) is 3.31. The van der Waals surface area contributed by atoms with Crippen LogP contribution >= 0.6 is 0 Å². The summed E-state index contributed by atoms with van der Waals surface area (Å²) in [4.78, 5) is 11.4. The van der Waals surface area contributed by atoms with Crippen molar-refractivity contribution in [3.05, 3.63) is 35.8 Å². The van der Waals surface area contributed by atoms with Crippen molar-refractivity contribution in [2.75, 3.05) is 20.1 Å². The van der Waals surface area contributed by atoms with Gasteiger partial charge in [0.15, 0.2) is 5.96 Å². The van der Waals surface area contributed by atoms with Crippen LogP contribution in [0.4, 0.5) is 0 Å². The second-order valence-electron chi connectivity index (χ2n) is 6.86. The molecule has 1 saturated heterocycles. The van der Waals surface area contributed by atoms with E-state index in [9.17, 15) is 0 Å². The van der Waals surface area contributed by atoms with Gasteiger partial charge >= 0.3 is 0 Å². The maximum absolute atomic E-state index is 4.66. The molecule has 22 heavy (non-hydrogen) atoms. The molecular formula is C17H25N5. The lowest BCUT2D eigenvalue weighted by molar-refractivity contribution is 0.370. The number of rotatable bonds is 2. The summed E-state index contributed by atoms with van der Waals surface area (Å²) in [5.74, 6) is 0.972. The third-order valence-electron chi connectivity index (χ3n) is 4.36. The molecule has 0 amide bonds. The molecule has 3 heterocycles. The van der Waals surface area contributed by atoms with Gasteiger partial charge in [-0.15, -0.1) is 0 Å². The van der Waals surface area contributed by atoms with Crippen LogP contribution in [0.2, 0.25) is 0 Å². The first-order valence-corrected chi connectivity index (χ1v) is 7.88. The molecule has 0 aliphatic carbocycles. The van der Waals surface area contributed by atoms with Crippen LogP contribution in [-0.2, 0) is 6.54 Å². The maximum atomic E-state index is 4.66. The summed E-state index contributed by atoms with van der Waals surface area (Å²) in [7, 11) is 1.85. The maximum Gasteiger partial charge on any atom is 0.193 e. The number of likely N-dealkylation sites (tertiary alicyclic amines) is 1. The van der Waals surface area contributed by atoms with E-state index in [4.69, 9.17) is 0 Å². The Kier molecular flexibility index (Phi) is 3.81. The Morgan fingerprint density at radius 2 is 2.23 bits per heavy atom. The van der Waals surface area contributed by atoms with Crippen LogP contribution < -0.4 is 5.32 Å². The molecule has 0 unspecified atom stereocenters. The van der Waals surface area contributed by atoms with Gasteiger partial charge < -0.3 is 14.6 Å². The Bertz CT molecular complexity index is 698. The Morgan fingerprint density at radius 3 is 2.86 bits per heavy atom. The number of hydrogen-bond donors (Lipinski definition) is 1. The van der Waals surface area contributed by atoms with Crippen LogP contribution in [-0.4, -0.2) is 40.4 Å². The van der Waals surface area contributed by atoms with E-state index in [0.29, 0.717) is 12.0 Å². The van der Waals surface area contributed by atoms with Crippen molar-refractivity contribution in [3.8, 4) is 0 Å². The van der Waals surface area contributed by atoms with Crippen molar-refractivity contribution in [1.82, 2.24) is 19.6 Å². The molecule has 3 rings (SSSR count). The number of aliphatic imine (C=N–C) groups is 1. The SMILES string of the molecule is CN=C(NCc1cn2c(C)cccc2n1)N1CCC(C)(C)C1. The number of aromatic nitrogens is 2. The molecule has 0 bridgehead atoms. The van der Waals surface area contributed by atoms with Gasteiger partial charge in [-0.2, -0.15) is 0 Å². The van der Waals surface area contributed by atoms with Crippen LogP contribution in [0.15, 0.2) is 29.4 Å². The smallest absolute Gasteiger partial charge is 0.193 e. The standard InChI is InChI=1S/C17H25N5/c1-13-6-5-7-15-20-14(11-22(13)15)10-19-16(18-4)21-9-8-17(2,3)12-21/h5-7,11H,8-10,12H2,1-4H3,(H,18,19). The number of nitrogens with one attached hydrogen (secondary N) is 1. The van der Waals surface area contributed by atoms with Gasteiger partial charge in [-0.25, -0.2) is 4.98 Å². The lowest BCUT2D eigenvalue weighted by atomic mass is 9.93. The fraction of sp³-hybridized carbons (Fsp3) is 0.529. The fourth-order valence-corrected chi connectivity index (χ4v) is 3.08. The first-order chi connectivity index (χ1) is 10.5. The number of nitrogens with zero attached hydrogens (tertiary/aromatic N) is 4. The number of aryl methyl sites for hydroxylation is 1. The van der Waals surface area contributed by atoms with Crippen LogP contribution in [0.5, 0.6) is 0 Å². The molecule has 1 aliphatic rings. The highest BCUT2D eigenvalue weighted by Crippen LogP contribution is 2.28. The van der Waals surface area contributed by atoms with E-state index < -0.39 is 0 Å². The largest absolute Gasteiger partial charge is 0.351 e. The first-order valence-electron chi connectivity index (χ1n) is 7.88. The average Bonchev–Trinajstić information content (AvgIpc) is 3.04. The van der Waals surface area contributed by atoms with E-state index in [1.807, 2.05) is 19.2 Å².